The highest BCUT2D eigenvalue weighted by atomic mass is 32.1. The van der Waals surface area contributed by atoms with Crippen molar-refractivity contribution in [1.29, 1.82) is 0 Å². The van der Waals surface area contributed by atoms with E-state index in [2.05, 4.69) is 132 Å². The molecule has 4 nitrogen and oxygen atoms in total. The third-order valence-electron chi connectivity index (χ3n) is 10.4. The molecule has 0 aliphatic carbocycles. The molecule has 0 N–H and O–H groups in total. The van der Waals surface area contributed by atoms with Crippen molar-refractivity contribution in [3.63, 3.8) is 0 Å². The largest absolute Gasteiger partial charge is 0.265 e. The van der Waals surface area contributed by atoms with Crippen molar-refractivity contribution in [3.05, 3.63) is 170 Å². The maximum atomic E-state index is 5.14. The quantitative estimate of drug-likeness (QED) is 0.172. The first-order chi connectivity index (χ1) is 26.3. The van der Waals surface area contributed by atoms with Crippen molar-refractivity contribution in [2.75, 3.05) is 0 Å². The number of thiophene rings is 1. The molecule has 0 bridgehead atoms. The zero-order valence-electron chi connectivity index (χ0n) is 28.4. The predicted octanol–water partition coefficient (Wildman–Crippen LogP) is 12.9. The summed E-state index contributed by atoms with van der Waals surface area (Å²) in [7, 11) is 0. The van der Waals surface area contributed by atoms with Gasteiger partial charge in [-0.25, -0.2) is 15.0 Å². The lowest BCUT2D eigenvalue weighted by molar-refractivity contribution is 1.07. The van der Waals surface area contributed by atoms with Crippen LogP contribution in [0.25, 0.3) is 109 Å². The van der Waals surface area contributed by atoms with E-state index in [1.807, 2.05) is 54.1 Å². The van der Waals surface area contributed by atoms with Crippen LogP contribution in [0.5, 0.6) is 0 Å². The van der Waals surface area contributed by atoms with Crippen LogP contribution in [0.3, 0.4) is 0 Å². The van der Waals surface area contributed by atoms with E-state index in [1.54, 1.807) is 0 Å². The molecule has 0 saturated carbocycles. The van der Waals surface area contributed by atoms with Crippen LogP contribution in [0, 0.1) is 0 Å². The lowest BCUT2D eigenvalue weighted by atomic mass is 9.90. The summed E-state index contributed by atoms with van der Waals surface area (Å²) < 4.78 is 2.61. The van der Waals surface area contributed by atoms with Gasteiger partial charge >= 0.3 is 0 Å². The second kappa shape index (κ2) is 11.9. The number of benzene rings is 8. The average Bonchev–Trinajstić information content (AvgIpc) is 3.64. The van der Waals surface area contributed by atoms with E-state index in [-0.39, 0.29) is 0 Å². The van der Waals surface area contributed by atoms with E-state index >= 15 is 0 Å². The SMILES string of the molecule is c1ccc(-c2nc(-c3ccc(-c4ccncc4)cc3)nc(-c3ccc4c(c3)c3ccccc3c3ccc5sc6ccc7ccccc7c6c5c34)n2)cc1. The molecule has 0 amide bonds. The minimum Gasteiger partial charge on any atom is -0.265 e. The van der Waals surface area contributed by atoms with E-state index in [4.69, 9.17) is 15.0 Å². The summed E-state index contributed by atoms with van der Waals surface area (Å²) >= 11 is 1.87. The summed E-state index contributed by atoms with van der Waals surface area (Å²) in [4.78, 5) is 19.4. The van der Waals surface area contributed by atoms with Gasteiger partial charge in [-0.05, 0) is 84.5 Å². The van der Waals surface area contributed by atoms with E-state index in [9.17, 15) is 0 Å². The fourth-order valence-corrected chi connectivity index (χ4v) is 9.05. The first-order valence-electron chi connectivity index (χ1n) is 17.7. The van der Waals surface area contributed by atoms with Crippen molar-refractivity contribution in [2.24, 2.45) is 0 Å². The topological polar surface area (TPSA) is 51.6 Å². The Morgan fingerprint density at radius 3 is 1.62 bits per heavy atom. The molecule has 0 radical (unpaired) electrons. The van der Waals surface area contributed by atoms with Gasteiger partial charge in [0, 0.05) is 49.3 Å². The Bertz CT molecular complexity index is 3210. The molecule has 0 fully saturated rings. The van der Waals surface area contributed by atoms with Crippen LogP contribution in [0.1, 0.15) is 0 Å². The number of rotatable bonds is 4. The summed E-state index contributed by atoms with van der Waals surface area (Å²) in [6.07, 6.45) is 3.63. The number of hydrogen-bond donors (Lipinski definition) is 0. The number of hydrogen-bond acceptors (Lipinski definition) is 5. The van der Waals surface area contributed by atoms with Crippen LogP contribution in [0.2, 0.25) is 0 Å². The summed E-state index contributed by atoms with van der Waals surface area (Å²) in [5.41, 5.74) is 5.05. The maximum absolute atomic E-state index is 5.14. The smallest absolute Gasteiger partial charge is 0.164 e. The summed E-state index contributed by atoms with van der Waals surface area (Å²) in [6, 6.07) is 56.0. The maximum Gasteiger partial charge on any atom is 0.164 e. The van der Waals surface area contributed by atoms with Crippen molar-refractivity contribution < 1.29 is 0 Å². The van der Waals surface area contributed by atoms with Crippen LogP contribution in [-0.2, 0) is 0 Å². The molecule has 11 rings (SSSR count). The summed E-state index contributed by atoms with van der Waals surface area (Å²) in [5.74, 6) is 1.92. The molecule has 0 spiro atoms. The van der Waals surface area contributed by atoms with E-state index in [0.717, 1.165) is 27.8 Å². The van der Waals surface area contributed by atoms with Crippen LogP contribution in [0.4, 0.5) is 0 Å². The first-order valence-corrected chi connectivity index (χ1v) is 18.5. The van der Waals surface area contributed by atoms with Gasteiger partial charge in [0.05, 0.1) is 0 Å². The lowest BCUT2D eigenvalue weighted by Gasteiger charge is -2.14. The van der Waals surface area contributed by atoms with E-state index in [1.165, 1.54) is 63.3 Å². The molecular formula is C48H28N4S. The molecular weight excluding hydrogens is 665 g/mol. The van der Waals surface area contributed by atoms with Gasteiger partial charge in [-0.1, -0.05) is 127 Å². The second-order valence-electron chi connectivity index (χ2n) is 13.4. The Hall–Kier alpha value is -6.82. The van der Waals surface area contributed by atoms with Crippen molar-refractivity contribution in [1.82, 2.24) is 19.9 Å². The van der Waals surface area contributed by atoms with Gasteiger partial charge in [-0.3, -0.25) is 4.98 Å². The molecule has 0 aliphatic heterocycles. The van der Waals surface area contributed by atoms with Crippen molar-refractivity contribution >= 4 is 74.6 Å². The minimum atomic E-state index is 0.636. The average molecular weight is 693 g/mol. The molecule has 3 heterocycles. The Labute approximate surface area is 308 Å². The molecule has 5 heteroatoms. The monoisotopic (exact) mass is 692 g/mol. The Kier molecular flexibility index (Phi) is 6.69. The molecule has 0 saturated heterocycles. The summed E-state index contributed by atoms with van der Waals surface area (Å²) in [6.45, 7) is 0. The van der Waals surface area contributed by atoms with Crippen molar-refractivity contribution in [2.45, 2.75) is 0 Å². The van der Waals surface area contributed by atoms with Crippen LogP contribution >= 0.6 is 11.3 Å². The van der Waals surface area contributed by atoms with Gasteiger partial charge in [-0.2, -0.15) is 0 Å². The van der Waals surface area contributed by atoms with Gasteiger partial charge in [0.15, 0.2) is 17.5 Å². The summed E-state index contributed by atoms with van der Waals surface area (Å²) in [5, 5.41) is 12.6. The number of fused-ring (bicyclic) bond motifs is 12. The molecule has 11 aromatic rings. The zero-order chi connectivity index (χ0) is 34.9. The first kappa shape index (κ1) is 29.9. The Morgan fingerprint density at radius 1 is 0.321 bits per heavy atom. The minimum absolute atomic E-state index is 0.636. The normalized spacial score (nSPS) is 11.8. The van der Waals surface area contributed by atoms with Crippen LogP contribution in [-0.4, -0.2) is 19.9 Å². The van der Waals surface area contributed by atoms with Gasteiger partial charge in [0.25, 0.3) is 0 Å². The standard InChI is InChI=1S/C48H28N4S/c1-2-9-32(10-3-1)46-50-47(33-16-14-29(15-17-33)30-24-26-49-27-25-30)52-48(51-46)34-18-20-39-40(28-34)37-13-7-6-12-36(37)38-21-23-42-45(43(38)39)44-35-11-5-4-8-31(35)19-22-41(44)53-42/h1-28H. The molecule has 0 unspecified atom stereocenters. The van der Waals surface area contributed by atoms with E-state index < -0.39 is 0 Å². The number of pyridine rings is 1. The highest BCUT2D eigenvalue weighted by Crippen LogP contribution is 2.46. The van der Waals surface area contributed by atoms with Gasteiger partial charge in [0.2, 0.25) is 0 Å². The number of nitrogens with zero attached hydrogens (tertiary/aromatic N) is 4. The fraction of sp³-hybridized carbons (Fsp3) is 0. The van der Waals surface area contributed by atoms with Crippen LogP contribution < -0.4 is 0 Å². The third-order valence-corrected chi connectivity index (χ3v) is 11.5. The molecule has 53 heavy (non-hydrogen) atoms. The Balaban J connectivity index is 1.16. The van der Waals surface area contributed by atoms with Gasteiger partial charge in [-0.15, -0.1) is 11.3 Å². The second-order valence-corrected chi connectivity index (χ2v) is 14.5. The van der Waals surface area contributed by atoms with Crippen LogP contribution in [0.15, 0.2) is 170 Å². The van der Waals surface area contributed by atoms with Gasteiger partial charge in [0.1, 0.15) is 0 Å². The number of aromatic nitrogens is 4. The predicted molar refractivity (Wildman–Crippen MR) is 222 cm³/mol. The Morgan fingerprint density at radius 2 is 0.849 bits per heavy atom. The molecule has 8 aromatic carbocycles. The molecule has 246 valence electrons. The highest BCUT2D eigenvalue weighted by molar-refractivity contribution is 7.26. The molecule has 0 aliphatic rings. The van der Waals surface area contributed by atoms with Gasteiger partial charge < -0.3 is 0 Å². The lowest BCUT2D eigenvalue weighted by Crippen LogP contribution is -2.00. The van der Waals surface area contributed by atoms with Crippen molar-refractivity contribution in [3.8, 4) is 45.3 Å². The molecule has 3 aromatic heterocycles. The molecule has 0 atom stereocenters. The zero-order valence-corrected chi connectivity index (χ0v) is 29.2. The highest BCUT2D eigenvalue weighted by Gasteiger charge is 2.19. The van der Waals surface area contributed by atoms with E-state index in [0.29, 0.717) is 17.5 Å². The fourth-order valence-electron chi connectivity index (χ4n) is 7.92. The third kappa shape index (κ3) is 4.82.